The highest BCUT2D eigenvalue weighted by Gasteiger charge is 2.26. The van der Waals surface area contributed by atoms with Crippen molar-refractivity contribution in [2.24, 2.45) is 0 Å². The van der Waals surface area contributed by atoms with E-state index in [1.165, 1.54) is 47.4 Å². The van der Waals surface area contributed by atoms with Crippen molar-refractivity contribution in [3.05, 3.63) is 41.5 Å². The zero-order chi connectivity index (χ0) is 24.1. The predicted molar refractivity (Wildman–Crippen MR) is 123 cm³/mol. The topological polar surface area (TPSA) is 103 Å². The van der Waals surface area contributed by atoms with Gasteiger partial charge < -0.3 is 24.3 Å². The number of benzene rings is 2. The lowest BCUT2D eigenvalue weighted by Crippen LogP contribution is -2.32. The van der Waals surface area contributed by atoms with Gasteiger partial charge in [-0.15, -0.1) is 0 Å². The summed E-state index contributed by atoms with van der Waals surface area (Å²) in [4.78, 5) is 13.2. The zero-order valence-electron chi connectivity index (χ0n) is 19.4. The molecule has 0 radical (unpaired) electrons. The molecule has 0 bridgehead atoms. The van der Waals surface area contributed by atoms with Crippen LogP contribution in [0.15, 0.2) is 30.3 Å². The minimum absolute atomic E-state index is 0.124. The molecule has 0 saturated heterocycles. The summed E-state index contributed by atoms with van der Waals surface area (Å²) in [6.07, 6.45) is 0. The molecule has 0 aromatic heterocycles. The van der Waals surface area contributed by atoms with Gasteiger partial charge in [0.25, 0.3) is 5.91 Å². The molecule has 1 N–H and O–H groups in total. The maximum atomic E-state index is 13.2. The SMILES string of the molecule is CCS(=O)(=O)N(C)c1cc(OC)c(OC)cc1C(=O)N[C@H](C)c1ccc(OC)c(OC)c1. The fourth-order valence-corrected chi connectivity index (χ4v) is 3.97. The summed E-state index contributed by atoms with van der Waals surface area (Å²) in [6.45, 7) is 3.34. The summed E-state index contributed by atoms with van der Waals surface area (Å²) < 4.78 is 47.3. The molecule has 176 valence electrons. The number of methoxy groups -OCH3 is 4. The molecule has 0 aliphatic heterocycles. The molecule has 0 spiro atoms. The van der Waals surface area contributed by atoms with E-state index in [4.69, 9.17) is 18.9 Å². The first kappa shape index (κ1) is 25.1. The number of ether oxygens (including phenoxy) is 4. The van der Waals surface area contributed by atoms with Crippen LogP contribution in [0, 0.1) is 0 Å². The van der Waals surface area contributed by atoms with Gasteiger partial charge in [-0.05, 0) is 37.6 Å². The van der Waals surface area contributed by atoms with Crippen LogP contribution in [0.25, 0.3) is 0 Å². The van der Waals surface area contributed by atoms with Crippen molar-refractivity contribution in [1.29, 1.82) is 0 Å². The second-order valence-electron chi connectivity index (χ2n) is 6.90. The van der Waals surface area contributed by atoms with E-state index in [1.54, 1.807) is 19.2 Å². The standard InChI is InChI=1S/C22H30N2O7S/c1-8-32(26,27)24(3)17-13-21(31-7)20(30-6)12-16(17)22(25)23-14(2)15-9-10-18(28-4)19(11-15)29-5/h9-14H,8H2,1-7H3,(H,23,25)/t14-/m1/s1. The molecule has 2 rings (SSSR count). The van der Waals surface area contributed by atoms with Gasteiger partial charge in [0.2, 0.25) is 10.0 Å². The molecule has 1 amide bonds. The molecule has 0 aliphatic rings. The molecule has 1 atom stereocenters. The monoisotopic (exact) mass is 466 g/mol. The maximum Gasteiger partial charge on any atom is 0.254 e. The molecule has 0 heterocycles. The zero-order valence-corrected chi connectivity index (χ0v) is 20.2. The molecular weight excluding hydrogens is 436 g/mol. The average molecular weight is 467 g/mol. The van der Waals surface area contributed by atoms with Crippen LogP contribution in [0.3, 0.4) is 0 Å². The van der Waals surface area contributed by atoms with E-state index >= 15 is 0 Å². The van der Waals surface area contributed by atoms with E-state index in [0.717, 1.165) is 9.87 Å². The van der Waals surface area contributed by atoms with Crippen molar-refractivity contribution in [2.75, 3.05) is 45.5 Å². The molecule has 0 unspecified atom stereocenters. The lowest BCUT2D eigenvalue weighted by atomic mass is 10.1. The third-order valence-electron chi connectivity index (χ3n) is 5.12. The van der Waals surface area contributed by atoms with Gasteiger partial charge in [0.15, 0.2) is 23.0 Å². The smallest absolute Gasteiger partial charge is 0.254 e. The average Bonchev–Trinajstić information content (AvgIpc) is 2.81. The van der Waals surface area contributed by atoms with Gasteiger partial charge in [0.05, 0.1) is 51.5 Å². The normalized spacial score (nSPS) is 12.0. The molecule has 0 aliphatic carbocycles. The Bertz CT molecular complexity index is 1070. The fourth-order valence-electron chi connectivity index (χ4n) is 3.13. The molecule has 2 aromatic rings. The molecular formula is C22H30N2O7S. The van der Waals surface area contributed by atoms with Gasteiger partial charge in [-0.3, -0.25) is 9.10 Å². The number of carbonyl (C=O) groups excluding carboxylic acids is 1. The summed E-state index contributed by atoms with van der Waals surface area (Å²) in [7, 11) is 3.73. The molecule has 32 heavy (non-hydrogen) atoms. The van der Waals surface area contributed by atoms with E-state index in [2.05, 4.69) is 5.32 Å². The van der Waals surface area contributed by atoms with Crippen molar-refractivity contribution >= 4 is 21.6 Å². The molecule has 0 saturated carbocycles. The van der Waals surface area contributed by atoms with E-state index in [0.29, 0.717) is 23.0 Å². The quantitative estimate of drug-likeness (QED) is 0.574. The number of nitrogens with zero attached hydrogens (tertiary/aromatic N) is 1. The highest BCUT2D eigenvalue weighted by molar-refractivity contribution is 7.92. The van der Waals surface area contributed by atoms with E-state index in [9.17, 15) is 13.2 Å². The number of sulfonamides is 1. The first-order valence-corrected chi connectivity index (χ1v) is 11.5. The second kappa shape index (κ2) is 10.4. The van der Waals surface area contributed by atoms with E-state index < -0.39 is 22.0 Å². The fraction of sp³-hybridized carbons (Fsp3) is 0.409. The van der Waals surface area contributed by atoms with Crippen LogP contribution in [0.4, 0.5) is 5.69 Å². The lowest BCUT2D eigenvalue weighted by Gasteiger charge is -2.24. The number of hydrogen-bond acceptors (Lipinski definition) is 7. The Morgan fingerprint density at radius 3 is 2.00 bits per heavy atom. The minimum atomic E-state index is -3.62. The first-order chi connectivity index (χ1) is 15.1. The van der Waals surface area contributed by atoms with Crippen LogP contribution in [0.5, 0.6) is 23.0 Å². The summed E-state index contributed by atoms with van der Waals surface area (Å²) in [5, 5.41) is 2.90. The minimum Gasteiger partial charge on any atom is -0.493 e. The highest BCUT2D eigenvalue weighted by atomic mass is 32.2. The van der Waals surface area contributed by atoms with Crippen molar-refractivity contribution in [1.82, 2.24) is 5.32 Å². The molecule has 9 nitrogen and oxygen atoms in total. The van der Waals surface area contributed by atoms with Crippen LogP contribution in [-0.2, 0) is 10.0 Å². The van der Waals surface area contributed by atoms with Crippen LogP contribution >= 0.6 is 0 Å². The Morgan fingerprint density at radius 1 is 0.938 bits per heavy atom. The largest absolute Gasteiger partial charge is 0.493 e. The van der Waals surface area contributed by atoms with Crippen LogP contribution < -0.4 is 28.6 Å². The van der Waals surface area contributed by atoms with Crippen LogP contribution in [-0.4, -0.2) is 55.6 Å². The Kier molecular flexibility index (Phi) is 8.20. The number of nitrogens with one attached hydrogen (secondary N) is 1. The number of amides is 1. The summed E-state index contributed by atoms with van der Waals surface area (Å²) in [5.74, 6) is 1.13. The third kappa shape index (κ3) is 5.18. The first-order valence-electron chi connectivity index (χ1n) is 9.88. The molecule has 0 fully saturated rings. The Hall–Kier alpha value is -3.14. The number of rotatable bonds is 10. The van der Waals surface area contributed by atoms with E-state index in [-0.39, 0.29) is 17.0 Å². The van der Waals surface area contributed by atoms with Crippen molar-refractivity contribution in [2.45, 2.75) is 19.9 Å². The van der Waals surface area contributed by atoms with Gasteiger partial charge in [-0.1, -0.05) is 6.07 Å². The summed E-state index contributed by atoms with van der Waals surface area (Å²) in [6, 6.07) is 7.87. The van der Waals surface area contributed by atoms with Gasteiger partial charge >= 0.3 is 0 Å². The third-order valence-corrected chi connectivity index (χ3v) is 6.88. The molecule has 10 heteroatoms. The van der Waals surface area contributed by atoms with Gasteiger partial charge in [-0.25, -0.2) is 8.42 Å². The second-order valence-corrected chi connectivity index (χ2v) is 9.19. The van der Waals surface area contributed by atoms with Crippen LogP contribution in [0.2, 0.25) is 0 Å². The van der Waals surface area contributed by atoms with Gasteiger partial charge in [0, 0.05) is 13.1 Å². The highest BCUT2D eigenvalue weighted by Crippen LogP contribution is 2.36. The maximum absolute atomic E-state index is 13.2. The van der Waals surface area contributed by atoms with Crippen molar-refractivity contribution in [3.63, 3.8) is 0 Å². The van der Waals surface area contributed by atoms with E-state index in [1.807, 2.05) is 13.0 Å². The lowest BCUT2D eigenvalue weighted by molar-refractivity contribution is 0.0940. The Morgan fingerprint density at radius 2 is 1.47 bits per heavy atom. The molecule has 2 aromatic carbocycles. The van der Waals surface area contributed by atoms with Crippen molar-refractivity contribution in [3.8, 4) is 23.0 Å². The summed E-state index contributed by atoms with van der Waals surface area (Å²) in [5.41, 5.74) is 1.10. The Balaban J connectivity index is 2.47. The van der Waals surface area contributed by atoms with Gasteiger partial charge in [0.1, 0.15) is 0 Å². The Labute approximate surface area is 189 Å². The van der Waals surface area contributed by atoms with Gasteiger partial charge in [-0.2, -0.15) is 0 Å². The van der Waals surface area contributed by atoms with Crippen LogP contribution in [0.1, 0.15) is 35.8 Å². The number of carbonyl (C=O) groups is 1. The predicted octanol–water partition coefficient (Wildman–Crippen LogP) is 3.00. The number of anilines is 1. The van der Waals surface area contributed by atoms with Crippen molar-refractivity contribution < 1.29 is 32.2 Å². The number of hydrogen-bond donors (Lipinski definition) is 1. The summed E-state index contributed by atoms with van der Waals surface area (Å²) >= 11 is 0.